The van der Waals surface area contributed by atoms with Gasteiger partial charge in [0.15, 0.2) is 0 Å². The van der Waals surface area contributed by atoms with Crippen molar-refractivity contribution in [3.63, 3.8) is 0 Å². The molecule has 2 fully saturated rings. The minimum atomic E-state index is -3.32. The van der Waals surface area contributed by atoms with E-state index < -0.39 is 39.1 Å². The fourth-order valence-electron chi connectivity index (χ4n) is 8.14. The van der Waals surface area contributed by atoms with Crippen LogP contribution in [-0.4, -0.2) is 59.0 Å². The van der Waals surface area contributed by atoms with Crippen molar-refractivity contribution in [1.82, 2.24) is 19.4 Å². The summed E-state index contributed by atoms with van der Waals surface area (Å²) in [5.41, 5.74) is 0.392. The number of anilines is 1. The molecule has 49 heavy (non-hydrogen) atoms. The van der Waals surface area contributed by atoms with Gasteiger partial charge in [0.1, 0.15) is 33.4 Å². The van der Waals surface area contributed by atoms with Gasteiger partial charge in [-0.1, -0.05) is 49.7 Å². The van der Waals surface area contributed by atoms with Crippen molar-refractivity contribution >= 4 is 38.5 Å². The van der Waals surface area contributed by atoms with Crippen LogP contribution in [0.2, 0.25) is 0 Å². The number of thioether (sulfide) groups is 1. The number of benzene rings is 1. The number of alkyl halides is 2. The molecule has 5 aliphatic heterocycles. The summed E-state index contributed by atoms with van der Waals surface area (Å²) in [4.78, 5) is 27.5. The third kappa shape index (κ3) is 6.91. The standard InChI is InChI=1S/C36H44F3N5O3S2/c1-23-7-4-3-5-14-43-33-29(19-28(35(43)45)25-12-17-49(46,47)18-13-25)34(41-22-40-33)44(31-21-48-31)24(2)27-8-6-9-30(32(27)37)36(38,39)26-10-15-42(20-23)16-11-26/h6,8-9,19,21-26H,3-5,7,10-18,20H2,1-2H3/t23?,24-/m1/s1. The van der Waals surface area contributed by atoms with Crippen LogP contribution in [0.15, 0.2) is 45.8 Å². The average Bonchev–Trinajstić information content (AvgIpc) is 3.91. The van der Waals surface area contributed by atoms with Crippen molar-refractivity contribution in [2.24, 2.45) is 11.8 Å². The molecule has 7 heterocycles. The van der Waals surface area contributed by atoms with Crippen LogP contribution in [0, 0.1) is 17.7 Å². The van der Waals surface area contributed by atoms with Gasteiger partial charge in [0.25, 0.3) is 11.5 Å². The second kappa shape index (κ2) is 13.7. The number of piperidine rings is 1. The van der Waals surface area contributed by atoms with Gasteiger partial charge < -0.3 is 9.80 Å². The van der Waals surface area contributed by atoms with Gasteiger partial charge in [-0.25, -0.2) is 31.6 Å². The predicted octanol–water partition coefficient (Wildman–Crippen LogP) is 7.35. The number of pyridine rings is 1. The molecular weight excluding hydrogens is 672 g/mol. The molecule has 8 bridgehead atoms. The van der Waals surface area contributed by atoms with Crippen molar-refractivity contribution < 1.29 is 21.6 Å². The minimum Gasteiger partial charge on any atom is -0.312 e. The highest BCUT2D eigenvalue weighted by Crippen LogP contribution is 2.48. The Morgan fingerprint density at radius 1 is 0.939 bits per heavy atom. The van der Waals surface area contributed by atoms with Gasteiger partial charge in [0.05, 0.1) is 33.5 Å². The molecule has 0 aliphatic carbocycles. The highest BCUT2D eigenvalue weighted by molar-refractivity contribution is 8.12. The number of aryl methyl sites for hydroxylation is 1. The first-order valence-electron chi connectivity index (χ1n) is 17.6. The van der Waals surface area contributed by atoms with Crippen LogP contribution in [0.3, 0.4) is 0 Å². The number of aromatic nitrogens is 3. The van der Waals surface area contributed by atoms with Crippen LogP contribution in [0.25, 0.3) is 11.0 Å². The fourth-order valence-corrected chi connectivity index (χ4v) is 10.2. The number of hydrogen-bond acceptors (Lipinski definition) is 8. The smallest absolute Gasteiger partial charge is 0.278 e. The Hall–Kier alpha value is -2.90. The zero-order chi connectivity index (χ0) is 34.5. The van der Waals surface area contributed by atoms with Crippen LogP contribution < -0.4 is 10.5 Å². The van der Waals surface area contributed by atoms with E-state index >= 15 is 13.2 Å². The molecule has 0 N–H and O–H groups in total. The van der Waals surface area contributed by atoms with E-state index in [1.807, 2.05) is 10.3 Å². The number of fused-ring (bicyclic) bond motifs is 9. The van der Waals surface area contributed by atoms with Crippen molar-refractivity contribution in [1.29, 1.82) is 0 Å². The van der Waals surface area contributed by atoms with E-state index in [4.69, 9.17) is 0 Å². The largest absolute Gasteiger partial charge is 0.312 e. The summed E-state index contributed by atoms with van der Waals surface area (Å²) in [6, 6.07) is 5.38. The number of sulfone groups is 1. The van der Waals surface area contributed by atoms with Gasteiger partial charge in [0.2, 0.25) is 0 Å². The van der Waals surface area contributed by atoms with Gasteiger partial charge in [-0.05, 0) is 76.4 Å². The van der Waals surface area contributed by atoms with Crippen LogP contribution in [0.4, 0.5) is 19.0 Å². The van der Waals surface area contributed by atoms with Crippen molar-refractivity contribution in [2.45, 2.75) is 89.6 Å². The molecule has 1 unspecified atom stereocenters. The lowest BCUT2D eigenvalue weighted by Gasteiger charge is -2.37. The SMILES string of the molecule is CC1CCCCCn2c(=O)c(C3CCS(=O)(=O)CC3)cc3c(ncnc32)N(C2=CS2)[C@H](C)c2cccc(c2F)C(F)(F)C2CCN(CC2)C1. The van der Waals surface area contributed by atoms with Crippen molar-refractivity contribution in [3.05, 3.63) is 73.9 Å². The Kier molecular flexibility index (Phi) is 9.64. The number of hydrogen-bond donors (Lipinski definition) is 0. The van der Waals surface area contributed by atoms with E-state index in [1.165, 1.54) is 30.2 Å². The Balaban J connectivity index is 1.36. The third-order valence-corrected chi connectivity index (χ3v) is 13.4. The van der Waals surface area contributed by atoms with Gasteiger partial charge in [-0.2, -0.15) is 0 Å². The molecule has 2 saturated heterocycles. The van der Waals surface area contributed by atoms with E-state index in [2.05, 4.69) is 21.8 Å². The average molecular weight is 716 g/mol. The minimum absolute atomic E-state index is 0.0245. The molecule has 0 radical (unpaired) electrons. The molecule has 264 valence electrons. The first-order chi connectivity index (χ1) is 23.4. The van der Waals surface area contributed by atoms with Gasteiger partial charge in [-0.15, -0.1) is 0 Å². The van der Waals surface area contributed by atoms with E-state index in [-0.39, 0.29) is 28.5 Å². The molecule has 13 heteroatoms. The molecule has 0 amide bonds. The summed E-state index contributed by atoms with van der Waals surface area (Å²) in [6.45, 7) is 6.40. The molecule has 8 rings (SSSR count). The monoisotopic (exact) mass is 715 g/mol. The maximum absolute atomic E-state index is 16.5. The Morgan fingerprint density at radius 3 is 2.39 bits per heavy atom. The van der Waals surface area contributed by atoms with Gasteiger partial charge in [0, 0.05) is 35.5 Å². The first-order valence-corrected chi connectivity index (χ1v) is 20.3. The Morgan fingerprint density at radius 2 is 1.67 bits per heavy atom. The topological polar surface area (TPSA) is 88.4 Å². The van der Waals surface area contributed by atoms with Gasteiger partial charge in [-0.3, -0.25) is 9.36 Å². The summed E-state index contributed by atoms with van der Waals surface area (Å²) in [7, 11) is -3.15. The molecule has 0 spiro atoms. The predicted molar refractivity (Wildman–Crippen MR) is 188 cm³/mol. The highest BCUT2D eigenvalue weighted by Gasteiger charge is 2.45. The fraction of sp³-hybridized carbons (Fsp3) is 0.583. The van der Waals surface area contributed by atoms with E-state index in [0.29, 0.717) is 73.7 Å². The lowest BCUT2D eigenvalue weighted by Crippen LogP contribution is -2.41. The first kappa shape index (κ1) is 34.5. The Bertz CT molecular complexity index is 1910. The van der Waals surface area contributed by atoms with Gasteiger partial charge >= 0.3 is 0 Å². The summed E-state index contributed by atoms with van der Waals surface area (Å²) in [6.07, 6.45) is 6.39. The third-order valence-electron chi connectivity index (χ3n) is 11.0. The van der Waals surface area contributed by atoms with E-state index in [1.54, 1.807) is 23.6 Å². The van der Waals surface area contributed by atoms with E-state index in [9.17, 15) is 13.2 Å². The zero-order valence-electron chi connectivity index (χ0n) is 28.1. The molecule has 3 aromatic rings. The summed E-state index contributed by atoms with van der Waals surface area (Å²) < 4.78 is 75.1. The lowest BCUT2D eigenvalue weighted by molar-refractivity contribution is -0.0886. The normalized spacial score (nSPS) is 27.9. The number of rotatable bonds is 2. The second-order valence-electron chi connectivity index (χ2n) is 14.4. The maximum atomic E-state index is 16.5. The number of nitrogens with zero attached hydrogens (tertiary/aromatic N) is 5. The second-order valence-corrected chi connectivity index (χ2v) is 17.6. The molecule has 8 nitrogen and oxygen atoms in total. The van der Waals surface area contributed by atoms with Crippen molar-refractivity contribution in [3.8, 4) is 0 Å². The molecule has 2 aromatic heterocycles. The lowest BCUT2D eigenvalue weighted by atomic mass is 9.85. The summed E-state index contributed by atoms with van der Waals surface area (Å²) in [5, 5.41) is 3.30. The van der Waals surface area contributed by atoms with Crippen LogP contribution in [0.5, 0.6) is 0 Å². The molecule has 1 aromatic carbocycles. The summed E-state index contributed by atoms with van der Waals surface area (Å²) in [5.74, 6) is -4.51. The molecule has 5 aliphatic rings. The van der Waals surface area contributed by atoms with Crippen LogP contribution in [0.1, 0.15) is 93.9 Å². The van der Waals surface area contributed by atoms with E-state index in [0.717, 1.165) is 37.3 Å². The maximum Gasteiger partial charge on any atom is 0.278 e. The zero-order valence-corrected chi connectivity index (χ0v) is 29.7. The van der Waals surface area contributed by atoms with Crippen LogP contribution >= 0.6 is 11.8 Å². The Labute approximate surface area is 290 Å². The molecule has 2 atom stereocenters. The quantitative estimate of drug-likeness (QED) is 0.272. The van der Waals surface area contributed by atoms with Crippen molar-refractivity contribution in [2.75, 3.05) is 36.0 Å². The highest BCUT2D eigenvalue weighted by atomic mass is 32.2. The number of halogens is 3. The molecule has 0 saturated carbocycles. The summed E-state index contributed by atoms with van der Waals surface area (Å²) >= 11 is 1.45. The van der Waals surface area contributed by atoms with Crippen LogP contribution in [-0.2, 0) is 22.3 Å². The molecular formula is C36H44F3N5O3S2.